The van der Waals surface area contributed by atoms with Crippen LogP contribution in [0.4, 0.5) is 14.5 Å². The van der Waals surface area contributed by atoms with Crippen LogP contribution in [0, 0.1) is 11.6 Å². The molecule has 0 radical (unpaired) electrons. The number of halogens is 3. The summed E-state index contributed by atoms with van der Waals surface area (Å²) in [5, 5.41) is 3.64. The average Bonchev–Trinajstić information content (AvgIpc) is 2.27. The Kier molecular flexibility index (Phi) is 3.82. The molecule has 0 amide bonds. The molecule has 2 rings (SSSR count). The third-order valence-corrected chi connectivity index (χ3v) is 2.96. The Balaban J connectivity index is 2.21. The molecule has 18 heavy (non-hydrogen) atoms. The van der Waals surface area contributed by atoms with Gasteiger partial charge in [0.2, 0.25) is 0 Å². The summed E-state index contributed by atoms with van der Waals surface area (Å²) in [5.74, 6) is -1.22. The number of hydrogen-bond donors (Lipinski definition) is 1. The Labute approximate surface area is 109 Å². The highest BCUT2D eigenvalue weighted by atomic mass is 35.5. The standard InChI is InChI=1S/C14H12ClF2N/c1-9(13-4-2-3-5-14(13)15)18-12-7-10(16)6-11(17)8-12/h2-9,18H,1H3. The molecule has 4 heteroatoms. The average molecular weight is 268 g/mol. The lowest BCUT2D eigenvalue weighted by Crippen LogP contribution is -2.07. The van der Waals surface area contributed by atoms with E-state index in [1.807, 2.05) is 25.1 Å². The number of anilines is 1. The van der Waals surface area contributed by atoms with Crippen LogP contribution < -0.4 is 5.32 Å². The van der Waals surface area contributed by atoms with Gasteiger partial charge in [0.15, 0.2) is 0 Å². The second-order valence-electron chi connectivity index (χ2n) is 4.05. The van der Waals surface area contributed by atoms with E-state index in [1.54, 1.807) is 6.07 Å². The van der Waals surface area contributed by atoms with E-state index in [9.17, 15) is 8.78 Å². The molecule has 1 N–H and O–H groups in total. The Morgan fingerprint density at radius 3 is 2.28 bits per heavy atom. The van der Waals surface area contributed by atoms with Crippen molar-refractivity contribution in [2.75, 3.05) is 5.32 Å². The van der Waals surface area contributed by atoms with Crippen molar-refractivity contribution in [3.05, 3.63) is 64.7 Å². The maximum absolute atomic E-state index is 13.1. The number of rotatable bonds is 3. The van der Waals surface area contributed by atoms with Crippen LogP contribution in [0.2, 0.25) is 5.02 Å². The van der Waals surface area contributed by atoms with Crippen LogP contribution in [-0.4, -0.2) is 0 Å². The molecule has 2 aromatic rings. The van der Waals surface area contributed by atoms with Crippen LogP contribution in [-0.2, 0) is 0 Å². The number of benzene rings is 2. The van der Waals surface area contributed by atoms with Gasteiger partial charge in [0.25, 0.3) is 0 Å². The van der Waals surface area contributed by atoms with Gasteiger partial charge in [-0.25, -0.2) is 8.78 Å². The molecule has 0 aromatic heterocycles. The molecule has 0 saturated heterocycles. The van der Waals surface area contributed by atoms with Crippen molar-refractivity contribution >= 4 is 17.3 Å². The normalized spacial score (nSPS) is 12.2. The van der Waals surface area contributed by atoms with E-state index < -0.39 is 11.6 Å². The summed E-state index contributed by atoms with van der Waals surface area (Å²) < 4.78 is 26.1. The molecule has 0 fully saturated rings. The minimum atomic E-state index is -0.608. The maximum Gasteiger partial charge on any atom is 0.128 e. The van der Waals surface area contributed by atoms with Gasteiger partial charge in [0, 0.05) is 22.8 Å². The predicted octanol–water partition coefficient (Wildman–Crippen LogP) is 4.79. The van der Waals surface area contributed by atoms with Crippen LogP contribution >= 0.6 is 11.6 Å². The van der Waals surface area contributed by atoms with E-state index in [2.05, 4.69) is 5.32 Å². The molecule has 94 valence electrons. The summed E-state index contributed by atoms with van der Waals surface area (Å²) >= 11 is 6.06. The summed E-state index contributed by atoms with van der Waals surface area (Å²) in [6.45, 7) is 1.88. The second-order valence-corrected chi connectivity index (χ2v) is 4.45. The molecule has 0 saturated carbocycles. The van der Waals surface area contributed by atoms with Gasteiger partial charge >= 0.3 is 0 Å². The second kappa shape index (κ2) is 5.36. The van der Waals surface area contributed by atoms with Crippen LogP contribution in [0.25, 0.3) is 0 Å². The Bertz CT molecular complexity index is 537. The van der Waals surface area contributed by atoms with Crippen LogP contribution in [0.1, 0.15) is 18.5 Å². The molecule has 0 aliphatic heterocycles. The van der Waals surface area contributed by atoms with Gasteiger partial charge in [-0.1, -0.05) is 29.8 Å². The Hall–Kier alpha value is -1.61. The minimum Gasteiger partial charge on any atom is -0.378 e. The first-order valence-electron chi connectivity index (χ1n) is 5.53. The van der Waals surface area contributed by atoms with E-state index in [1.165, 1.54) is 12.1 Å². The first kappa shape index (κ1) is 12.8. The highest BCUT2D eigenvalue weighted by Gasteiger charge is 2.09. The fraction of sp³-hybridized carbons (Fsp3) is 0.143. The molecule has 1 nitrogen and oxygen atoms in total. The van der Waals surface area contributed by atoms with Gasteiger partial charge in [-0.3, -0.25) is 0 Å². The predicted molar refractivity (Wildman–Crippen MR) is 69.8 cm³/mol. The van der Waals surface area contributed by atoms with Crippen LogP contribution in [0.15, 0.2) is 42.5 Å². The Morgan fingerprint density at radius 2 is 1.67 bits per heavy atom. The Morgan fingerprint density at radius 1 is 1.06 bits per heavy atom. The summed E-state index contributed by atoms with van der Waals surface area (Å²) in [4.78, 5) is 0. The summed E-state index contributed by atoms with van der Waals surface area (Å²) in [6.07, 6.45) is 0. The zero-order chi connectivity index (χ0) is 13.1. The molecule has 1 atom stereocenters. The molecule has 1 unspecified atom stereocenters. The fourth-order valence-corrected chi connectivity index (χ4v) is 2.09. The molecule has 0 aliphatic rings. The van der Waals surface area contributed by atoms with Gasteiger partial charge in [0.05, 0.1) is 0 Å². The summed E-state index contributed by atoms with van der Waals surface area (Å²) in [7, 11) is 0. The van der Waals surface area contributed by atoms with Gasteiger partial charge in [-0.15, -0.1) is 0 Å². The molecular formula is C14H12ClF2N. The molecular weight excluding hydrogens is 256 g/mol. The third-order valence-electron chi connectivity index (χ3n) is 2.62. The molecule has 0 aliphatic carbocycles. The lowest BCUT2D eigenvalue weighted by molar-refractivity contribution is 0.583. The van der Waals surface area contributed by atoms with Crippen molar-refractivity contribution in [2.24, 2.45) is 0 Å². The van der Waals surface area contributed by atoms with Gasteiger partial charge in [-0.05, 0) is 30.7 Å². The summed E-state index contributed by atoms with van der Waals surface area (Å²) in [5.41, 5.74) is 1.27. The van der Waals surface area contributed by atoms with E-state index in [-0.39, 0.29) is 6.04 Å². The SMILES string of the molecule is CC(Nc1cc(F)cc(F)c1)c1ccccc1Cl. The topological polar surface area (TPSA) is 12.0 Å². The zero-order valence-electron chi connectivity index (χ0n) is 9.75. The highest BCUT2D eigenvalue weighted by Crippen LogP contribution is 2.26. The van der Waals surface area contributed by atoms with Crippen LogP contribution in [0.5, 0.6) is 0 Å². The van der Waals surface area contributed by atoms with Gasteiger partial charge < -0.3 is 5.32 Å². The molecule has 0 bridgehead atoms. The minimum absolute atomic E-state index is 0.139. The number of hydrogen-bond acceptors (Lipinski definition) is 1. The first-order valence-corrected chi connectivity index (χ1v) is 5.91. The largest absolute Gasteiger partial charge is 0.378 e. The molecule has 2 aromatic carbocycles. The van der Waals surface area contributed by atoms with Crippen molar-refractivity contribution in [2.45, 2.75) is 13.0 Å². The van der Waals surface area contributed by atoms with E-state index in [4.69, 9.17) is 11.6 Å². The molecule has 0 spiro atoms. The van der Waals surface area contributed by atoms with Crippen molar-refractivity contribution < 1.29 is 8.78 Å². The third kappa shape index (κ3) is 2.99. The summed E-state index contributed by atoms with van der Waals surface area (Å²) in [6, 6.07) is 10.5. The first-order chi connectivity index (χ1) is 8.56. The quantitative estimate of drug-likeness (QED) is 0.843. The van der Waals surface area contributed by atoms with Crippen molar-refractivity contribution in [1.29, 1.82) is 0 Å². The fourth-order valence-electron chi connectivity index (χ4n) is 1.79. The van der Waals surface area contributed by atoms with Gasteiger partial charge in [0.1, 0.15) is 11.6 Å². The highest BCUT2D eigenvalue weighted by molar-refractivity contribution is 6.31. The molecule has 0 heterocycles. The lowest BCUT2D eigenvalue weighted by atomic mass is 10.1. The van der Waals surface area contributed by atoms with Gasteiger partial charge in [-0.2, -0.15) is 0 Å². The van der Waals surface area contributed by atoms with E-state index >= 15 is 0 Å². The van der Waals surface area contributed by atoms with Crippen molar-refractivity contribution in [1.82, 2.24) is 0 Å². The number of nitrogens with one attached hydrogen (secondary N) is 1. The smallest absolute Gasteiger partial charge is 0.128 e. The van der Waals surface area contributed by atoms with Crippen molar-refractivity contribution in [3.63, 3.8) is 0 Å². The van der Waals surface area contributed by atoms with E-state index in [0.29, 0.717) is 10.7 Å². The lowest BCUT2D eigenvalue weighted by Gasteiger charge is -2.17. The monoisotopic (exact) mass is 267 g/mol. The van der Waals surface area contributed by atoms with Crippen molar-refractivity contribution in [3.8, 4) is 0 Å². The van der Waals surface area contributed by atoms with Crippen LogP contribution in [0.3, 0.4) is 0 Å². The maximum atomic E-state index is 13.1. The van der Waals surface area contributed by atoms with E-state index in [0.717, 1.165) is 11.6 Å². The zero-order valence-corrected chi connectivity index (χ0v) is 10.5.